The number of hydrogen-bond donors (Lipinski definition) is 3. The van der Waals surface area contributed by atoms with Gasteiger partial charge in [0.1, 0.15) is 0 Å². The van der Waals surface area contributed by atoms with E-state index in [4.69, 9.17) is 4.42 Å². The Morgan fingerprint density at radius 3 is 2.42 bits per heavy atom. The highest BCUT2D eigenvalue weighted by molar-refractivity contribution is 6.02. The minimum Gasteiger partial charge on any atom is -0.459 e. The molecule has 0 aliphatic carbocycles. The fraction of sp³-hybridized carbons (Fsp3) is 0.333. The SMILES string of the molecule is CCC1(C(=O)Nc2ccc(NC(=O)c3ccco3)cc2)CCCN1. The number of nitrogens with one attached hydrogen (secondary N) is 3. The Kier molecular flexibility index (Phi) is 4.66. The molecule has 1 saturated heterocycles. The Labute approximate surface area is 140 Å². The lowest BCUT2D eigenvalue weighted by Gasteiger charge is -2.26. The van der Waals surface area contributed by atoms with E-state index in [1.54, 1.807) is 36.4 Å². The van der Waals surface area contributed by atoms with Crippen LogP contribution in [0.3, 0.4) is 0 Å². The lowest BCUT2D eigenvalue weighted by molar-refractivity contribution is -0.122. The topological polar surface area (TPSA) is 83.4 Å². The van der Waals surface area contributed by atoms with Crippen LogP contribution in [0.2, 0.25) is 0 Å². The zero-order chi connectivity index (χ0) is 17.0. The van der Waals surface area contributed by atoms with E-state index in [1.165, 1.54) is 6.26 Å². The number of furan rings is 1. The summed E-state index contributed by atoms with van der Waals surface area (Å²) in [6, 6.07) is 10.3. The van der Waals surface area contributed by atoms with Crippen molar-refractivity contribution in [3.8, 4) is 0 Å². The Bertz CT molecular complexity index is 702. The van der Waals surface area contributed by atoms with E-state index < -0.39 is 5.54 Å². The molecule has 3 N–H and O–H groups in total. The molecule has 2 heterocycles. The number of carbonyl (C=O) groups is 2. The highest BCUT2D eigenvalue weighted by Crippen LogP contribution is 2.25. The molecule has 1 unspecified atom stereocenters. The van der Waals surface area contributed by atoms with Gasteiger partial charge in [0.25, 0.3) is 5.91 Å². The molecule has 1 fully saturated rings. The number of hydrogen-bond acceptors (Lipinski definition) is 4. The van der Waals surface area contributed by atoms with Crippen molar-refractivity contribution in [2.24, 2.45) is 0 Å². The summed E-state index contributed by atoms with van der Waals surface area (Å²) >= 11 is 0. The van der Waals surface area contributed by atoms with Gasteiger partial charge in [0.15, 0.2) is 5.76 Å². The van der Waals surface area contributed by atoms with E-state index in [9.17, 15) is 9.59 Å². The molecular weight excluding hydrogens is 306 g/mol. The average molecular weight is 327 g/mol. The molecule has 1 atom stereocenters. The standard InChI is InChI=1S/C18H21N3O3/c1-2-18(10-4-11-19-18)17(23)21-14-8-6-13(7-9-14)20-16(22)15-5-3-12-24-15/h3,5-9,12,19H,2,4,10-11H2,1H3,(H,20,22)(H,21,23). The van der Waals surface area contributed by atoms with E-state index in [-0.39, 0.29) is 17.6 Å². The number of benzene rings is 1. The molecule has 6 nitrogen and oxygen atoms in total. The van der Waals surface area contributed by atoms with Gasteiger partial charge in [0.05, 0.1) is 11.8 Å². The molecule has 1 aliphatic rings. The van der Waals surface area contributed by atoms with Gasteiger partial charge in [-0.05, 0) is 62.2 Å². The first-order valence-corrected chi connectivity index (χ1v) is 8.14. The Morgan fingerprint density at radius 2 is 1.88 bits per heavy atom. The van der Waals surface area contributed by atoms with Crippen molar-refractivity contribution < 1.29 is 14.0 Å². The molecule has 1 aromatic heterocycles. The number of amides is 2. The van der Waals surface area contributed by atoms with Crippen molar-refractivity contribution in [1.82, 2.24) is 5.32 Å². The van der Waals surface area contributed by atoms with Gasteiger partial charge in [-0.3, -0.25) is 9.59 Å². The fourth-order valence-corrected chi connectivity index (χ4v) is 2.95. The highest BCUT2D eigenvalue weighted by atomic mass is 16.3. The molecule has 0 spiro atoms. The van der Waals surface area contributed by atoms with Crippen LogP contribution in [0.4, 0.5) is 11.4 Å². The van der Waals surface area contributed by atoms with Crippen molar-refractivity contribution in [3.05, 3.63) is 48.4 Å². The van der Waals surface area contributed by atoms with Crippen molar-refractivity contribution >= 4 is 23.2 Å². The van der Waals surface area contributed by atoms with Gasteiger partial charge in [0.2, 0.25) is 5.91 Å². The molecule has 3 rings (SSSR count). The zero-order valence-electron chi connectivity index (χ0n) is 13.6. The molecule has 1 aromatic carbocycles. The smallest absolute Gasteiger partial charge is 0.291 e. The molecule has 6 heteroatoms. The summed E-state index contributed by atoms with van der Waals surface area (Å²) < 4.78 is 5.05. The molecular formula is C18H21N3O3. The van der Waals surface area contributed by atoms with Gasteiger partial charge in [0, 0.05) is 11.4 Å². The van der Waals surface area contributed by atoms with E-state index in [1.807, 2.05) is 6.92 Å². The minimum absolute atomic E-state index is 0.00475. The van der Waals surface area contributed by atoms with Crippen LogP contribution in [0.25, 0.3) is 0 Å². The molecule has 0 bridgehead atoms. The molecule has 24 heavy (non-hydrogen) atoms. The van der Waals surface area contributed by atoms with Gasteiger partial charge in [-0.25, -0.2) is 0 Å². The average Bonchev–Trinajstić information content (AvgIpc) is 3.29. The summed E-state index contributed by atoms with van der Waals surface area (Å²) in [6.45, 7) is 2.89. The highest BCUT2D eigenvalue weighted by Gasteiger charge is 2.38. The Hall–Kier alpha value is -2.60. The van der Waals surface area contributed by atoms with Crippen LogP contribution in [-0.4, -0.2) is 23.9 Å². The molecule has 0 radical (unpaired) electrons. The molecule has 126 valence electrons. The fourth-order valence-electron chi connectivity index (χ4n) is 2.95. The van der Waals surface area contributed by atoms with E-state index >= 15 is 0 Å². The maximum Gasteiger partial charge on any atom is 0.291 e. The number of carbonyl (C=O) groups excluding carboxylic acids is 2. The van der Waals surface area contributed by atoms with Crippen LogP contribution in [0.15, 0.2) is 47.1 Å². The maximum atomic E-state index is 12.5. The van der Waals surface area contributed by atoms with E-state index in [0.717, 1.165) is 25.8 Å². The normalized spacial score (nSPS) is 19.9. The lowest BCUT2D eigenvalue weighted by Crippen LogP contribution is -2.50. The number of anilines is 2. The van der Waals surface area contributed by atoms with Gasteiger partial charge in [-0.2, -0.15) is 0 Å². The lowest BCUT2D eigenvalue weighted by atomic mass is 9.93. The largest absolute Gasteiger partial charge is 0.459 e. The van der Waals surface area contributed by atoms with Gasteiger partial charge in [-0.1, -0.05) is 6.92 Å². The van der Waals surface area contributed by atoms with E-state index in [2.05, 4.69) is 16.0 Å². The third-order valence-electron chi connectivity index (χ3n) is 4.43. The predicted molar refractivity (Wildman–Crippen MR) is 92.0 cm³/mol. The summed E-state index contributed by atoms with van der Waals surface area (Å²) in [5, 5.41) is 9.01. The molecule has 2 amide bonds. The third-order valence-corrected chi connectivity index (χ3v) is 4.43. The van der Waals surface area contributed by atoms with Crippen LogP contribution in [-0.2, 0) is 4.79 Å². The van der Waals surface area contributed by atoms with Crippen LogP contribution < -0.4 is 16.0 Å². The third kappa shape index (κ3) is 3.33. The van der Waals surface area contributed by atoms with Crippen molar-refractivity contribution in [2.75, 3.05) is 17.2 Å². The van der Waals surface area contributed by atoms with Crippen LogP contribution in [0.1, 0.15) is 36.7 Å². The first kappa shape index (κ1) is 16.3. The van der Waals surface area contributed by atoms with Gasteiger partial charge >= 0.3 is 0 Å². The zero-order valence-corrected chi connectivity index (χ0v) is 13.6. The Morgan fingerprint density at radius 1 is 1.17 bits per heavy atom. The van der Waals surface area contributed by atoms with Gasteiger partial charge in [-0.15, -0.1) is 0 Å². The van der Waals surface area contributed by atoms with Gasteiger partial charge < -0.3 is 20.4 Å². The number of rotatable bonds is 5. The maximum absolute atomic E-state index is 12.5. The van der Waals surface area contributed by atoms with Crippen molar-refractivity contribution in [1.29, 1.82) is 0 Å². The summed E-state index contributed by atoms with van der Waals surface area (Å²) in [5.41, 5.74) is 0.878. The van der Waals surface area contributed by atoms with Crippen LogP contribution in [0.5, 0.6) is 0 Å². The van der Waals surface area contributed by atoms with Crippen LogP contribution >= 0.6 is 0 Å². The quantitative estimate of drug-likeness (QED) is 0.788. The first-order chi connectivity index (χ1) is 11.6. The molecule has 0 saturated carbocycles. The minimum atomic E-state index is -0.466. The summed E-state index contributed by atoms with van der Waals surface area (Å²) in [4.78, 5) is 24.4. The first-order valence-electron chi connectivity index (χ1n) is 8.14. The second-order valence-corrected chi connectivity index (χ2v) is 5.93. The van der Waals surface area contributed by atoms with E-state index in [0.29, 0.717) is 11.4 Å². The Balaban J connectivity index is 1.62. The van der Waals surface area contributed by atoms with Crippen LogP contribution in [0, 0.1) is 0 Å². The van der Waals surface area contributed by atoms with Crippen molar-refractivity contribution in [3.63, 3.8) is 0 Å². The molecule has 1 aliphatic heterocycles. The molecule has 2 aromatic rings. The monoisotopic (exact) mass is 327 g/mol. The predicted octanol–water partition coefficient (Wildman–Crippen LogP) is 3.00. The summed E-state index contributed by atoms with van der Waals surface area (Å²) in [7, 11) is 0. The second-order valence-electron chi connectivity index (χ2n) is 5.93. The second kappa shape index (κ2) is 6.88. The van der Waals surface area contributed by atoms with Crippen molar-refractivity contribution in [2.45, 2.75) is 31.7 Å². The summed E-state index contributed by atoms with van der Waals surface area (Å²) in [6.07, 6.45) is 4.08. The summed E-state index contributed by atoms with van der Waals surface area (Å²) in [5.74, 6) is -0.0590.